The number of amides is 1. The summed E-state index contributed by atoms with van der Waals surface area (Å²) in [5, 5.41) is 10.5. The van der Waals surface area contributed by atoms with Gasteiger partial charge in [-0.2, -0.15) is 5.10 Å². The number of anilines is 1. The van der Waals surface area contributed by atoms with Gasteiger partial charge in [-0.25, -0.2) is 0 Å². The number of halogens is 2. The number of carbonyl (C=O) groups is 1. The molecule has 0 unspecified atom stereocenters. The molecule has 120 valence electrons. The minimum atomic E-state index is -0.322. The Labute approximate surface area is 148 Å². The van der Waals surface area contributed by atoms with E-state index in [-0.39, 0.29) is 5.91 Å². The van der Waals surface area contributed by atoms with E-state index < -0.39 is 0 Å². The molecule has 3 rings (SSSR count). The number of carbonyl (C=O) groups excluding carboxylic acids is 1. The van der Waals surface area contributed by atoms with E-state index in [4.69, 9.17) is 23.2 Å². The lowest BCUT2D eigenvalue weighted by Gasteiger charge is -2.00. The number of nitrogens with one attached hydrogen (secondary N) is 2. The van der Waals surface area contributed by atoms with Crippen molar-refractivity contribution in [1.82, 2.24) is 15.2 Å². The van der Waals surface area contributed by atoms with Crippen molar-refractivity contribution < 1.29 is 4.79 Å². The van der Waals surface area contributed by atoms with Gasteiger partial charge in [-0.05, 0) is 35.9 Å². The van der Waals surface area contributed by atoms with Crippen molar-refractivity contribution in [3.8, 4) is 11.3 Å². The lowest BCUT2D eigenvalue weighted by atomic mass is 10.2. The summed E-state index contributed by atoms with van der Waals surface area (Å²) in [6, 6.07) is 10.7. The van der Waals surface area contributed by atoms with Crippen molar-refractivity contribution in [3.05, 3.63) is 70.5 Å². The van der Waals surface area contributed by atoms with Crippen LogP contribution in [-0.4, -0.2) is 21.1 Å². The highest BCUT2D eigenvalue weighted by molar-refractivity contribution is 6.36. The van der Waals surface area contributed by atoms with Gasteiger partial charge < -0.3 is 5.32 Å². The van der Waals surface area contributed by atoms with E-state index in [0.29, 0.717) is 21.6 Å². The Balaban J connectivity index is 1.71. The second kappa shape index (κ2) is 7.29. The SMILES string of the molecule is O=C(C=Cc1ccc(Cl)cc1)Nc1[nH]nc(-c2ccncc2)c1Cl. The minimum Gasteiger partial charge on any atom is -0.306 e. The van der Waals surface area contributed by atoms with Gasteiger partial charge in [-0.1, -0.05) is 35.3 Å². The van der Waals surface area contributed by atoms with Crippen LogP contribution in [0.5, 0.6) is 0 Å². The Morgan fingerprint density at radius 1 is 1.08 bits per heavy atom. The molecule has 0 atom stereocenters. The van der Waals surface area contributed by atoms with Crippen LogP contribution in [0.3, 0.4) is 0 Å². The van der Waals surface area contributed by atoms with Gasteiger partial charge >= 0.3 is 0 Å². The van der Waals surface area contributed by atoms with Crippen LogP contribution >= 0.6 is 23.2 Å². The van der Waals surface area contributed by atoms with Crippen LogP contribution in [-0.2, 0) is 4.79 Å². The molecule has 2 aromatic heterocycles. The lowest BCUT2D eigenvalue weighted by Crippen LogP contribution is -2.08. The minimum absolute atomic E-state index is 0.322. The van der Waals surface area contributed by atoms with Gasteiger partial charge in [0, 0.05) is 29.1 Å². The summed E-state index contributed by atoms with van der Waals surface area (Å²) in [6.45, 7) is 0. The molecular weight excluding hydrogens is 347 g/mol. The molecule has 2 N–H and O–H groups in total. The van der Waals surface area contributed by atoms with Crippen LogP contribution in [0.15, 0.2) is 54.9 Å². The Morgan fingerprint density at radius 2 is 1.79 bits per heavy atom. The summed E-state index contributed by atoms with van der Waals surface area (Å²) in [5.41, 5.74) is 2.22. The summed E-state index contributed by atoms with van der Waals surface area (Å²) >= 11 is 12.1. The molecule has 1 amide bonds. The van der Waals surface area contributed by atoms with E-state index >= 15 is 0 Å². The summed E-state index contributed by atoms with van der Waals surface area (Å²) < 4.78 is 0. The second-order valence-electron chi connectivity index (χ2n) is 4.87. The van der Waals surface area contributed by atoms with Gasteiger partial charge in [0.05, 0.1) is 0 Å². The Hall–Kier alpha value is -2.63. The van der Waals surface area contributed by atoms with E-state index in [2.05, 4.69) is 20.5 Å². The van der Waals surface area contributed by atoms with Gasteiger partial charge in [-0.3, -0.25) is 14.9 Å². The zero-order chi connectivity index (χ0) is 16.9. The maximum absolute atomic E-state index is 12.0. The maximum Gasteiger partial charge on any atom is 0.249 e. The first-order valence-electron chi connectivity index (χ1n) is 7.02. The lowest BCUT2D eigenvalue weighted by molar-refractivity contribution is -0.111. The Bertz CT molecular complexity index is 873. The smallest absolute Gasteiger partial charge is 0.249 e. The zero-order valence-electron chi connectivity index (χ0n) is 12.3. The first-order valence-corrected chi connectivity index (χ1v) is 7.78. The molecule has 1 aromatic carbocycles. The highest BCUT2D eigenvalue weighted by Crippen LogP contribution is 2.30. The van der Waals surface area contributed by atoms with Gasteiger partial charge in [-0.15, -0.1) is 0 Å². The third-order valence-corrected chi connectivity index (χ3v) is 3.83. The highest BCUT2D eigenvalue weighted by Gasteiger charge is 2.13. The third kappa shape index (κ3) is 3.82. The molecule has 0 radical (unpaired) electrons. The number of pyridine rings is 1. The predicted molar refractivity (Wildman–Crippen MR) is 95.9 cm³/mol. The van der Waals surface area contributed by atoms with Crippen LogP contribution in [0, 0.1) is 0 Å². The molecule has 2 heterocycles. The van der Waals surface area contributed by atoms with Crippen LogP contribution in [0.25, 0.3) is 17.3 Å². The number of aromatic amines is 1. The molecule has 3 aromatic rings. The Kier molecular flexibility index (Phi) is 4.93. The van der Waals surface area contributed by atoms with Crippen LogP contribution in [0.2, 0.25) is 10.0 Å². The summed E-state index contributed by atoms with van der Waals surface area (Å²) in [5.74, 6) is 0.0195. The van der Waals surface area contributed by atoms with E-state index in [9.17, 15) is 4.79 Å². The molecule has 7 heteroatoms. The third-order valence-electron chi connectivity index (χ3n) is 3.21. The molecular formula is C17H12Cl2N4O. The maximum atomic E-state index is 12.0. The van der Waals surface area contributed by atoms with E-state index in [1.54, 1.807) is 42.7 Å². The number of nitrogens with zero attached hydrogens (tertiary/aromatic N) is 2. The number of hydrogen-bond donors (Lipinski definition) is 2. The topological polar surface area (TPSA) is 70.7 Å². The molecule has 0 spiro atoms. The largest absolute Gasteiger partial charge is 0.306 e. The number of rotatable bonds is 4. The fourth-order valence-corrected chi connectivity index (χ4v) is 2.39. The van der Waals surface area contributed by atoms with Crippen molar-refractivity contribution in [1.29, 1.82) is 0 Å². The van der Waals surface area contributed by atoms with Gasteiger partial charge in [0.25, 0.3) is 0 Å². The van der Waals surface area contributed by atoms with Gasteiger partial charge in [0.1, 0.15) is 16.5 Å². The van der Waals surface area contributed by atoms with Crippen molar-refractivity contribution in [3.63, 3.8) is 0 Å². The van der Waals surface area contributed by atoms with Crippen LogP contribution in [0.1, 0.15) is 5.56 Å². The summed E-state index contributed by atoms with van der Waals surface area (Å²) in [4.78, 5) is 16.0. The zero-order valence-corrected chi connectivity index (χ0v) is 13.8. The average Bonchev–Trinajstić information content (AvgIpc) is 2.96. The molecule has 24 heavy (non-hydrogen) atoms. The molecule has 5 nitrogen and oxygen atoms in total. The molecule has 0 saturated heterocycles. The first kappa shape index (κ1) is 16.2. The van der Waals surface area contributed by atoms with E-state index in [1.807, 2.05) is 12.1 Å². The van der Waals surface area contributed by atoms with Crippen molar-refractivity contribution in [2.75, 3.05) is 5.32 Å². The van der Waals surface area contributed by atoms with Crippen LogP contribution in [0.4, 0.5) is 5.82 Å². The average molecular weight is 359 g/mol. The fourth-order valence-electron chi connectivity index (χ4n) is 2.02. The molecule has 0 bridgehead atoms. The Morgan fingerprint density at radius 3 is 2.50 bits per heavy atom. The predicted octanol–water partition coefficient (Wildman–Crippen LogP) is 4.43. The molecule has 0 aliphatic carbocycles. The summed E-state index contributed by atoms with van der Waals surface area (Å²) in [7, 11) is 0. The van der Waals surface area contributed by atoms with Gasteiger partial charge in [0.2, 0.25) is 5.91 Å². The quantitative estimate of drug-likeness (QED) is 0.677. The normalized spacial score (nSPS) is 10.9. The monoisotopic (exact) mass is 358 g/mol. The fraction of sp³-hybridized carbons (Fsp3) is 0. The van der Waals surface area contributed by atoms with E-state index in [1.165, 1.54) is 6.08 Å². The standard InChI is InChI=1S/C17H12Cl2N4O/c18-13-4-1-11(2-5-13)3-6-14(24)21-17-15(19)16(22-23-17)12-7-9-20-10-8-12/h1-10H,(H2,21,22,23,24). The van der Waals surface area contributed by atoms with E-state index in [0.717, 1.165) is 11.1 Å². The number of H-pyrrole nitrogens is 1. The molecule has 0 saturated carbocycles. The molecule has 0 aliphatic heterocycles. The number of aromatic nitrogens is 3. The summed E-state index contributed by atoms with van der Waals surface area (Å²) in [6.07, 6.45) is 6.38. The van der Waals surface area contributed by atoms with Gasteiger partial charge in [0.15, 0.2) is 0 Å². The van der Waals surface area contributed by atoms with Crippen molar-refractivity contribution in [2.45, 2.75) is 0 Å². The molecule has 0 aliphatic rings. The molecule has 0 fully saturated rings. The number of benzene rings is 1. The van der Waals surface area contributed by atoms with Crippen molar-refractivity contribution >= 4 is 41.0 Å². The highest BCUT2D eigenvalue weighted by atomic mass is 35.5. The first-order chi connectivity index (χ1) is 11.6. The van der Waals surface area contributed by atoms with Crippen molar-refractivity contribution in [2.24, 2.45) is 0 Å². The second-order valence-corrected chi connectivity index (χ2v) is 5.69. The number of hydrogen-bond acceptors (Lipinski definition) is 3. The van der Waals surface area contributed by atoms with Crippen LogP contribution < -0.4 is 5.32 Å².